The Morgan fingerprint density at radius 1 is 0.312 bits per heavy atom. The summed E-state index contributed by atoms with van der Waals surface area (Å²) in [4.78, 5) is 58.4. The van der Waals surface area contributed by atoms with Gasteiger partial charge in [-0.25, -0.2) is 9.13 Å². The Morgan fingerprint density at radius 3 is 0.903 bits per heavy atom. The van der Waals surface area contributed by atoms with Crippen LogP contribution in [0.3, 0.4) is 0 Å². The van der Waals surface area contributed by atoms with E-state index in [9.17, 15) is 43.5 Å². The zero-order valence-corrected chi connectivity index (χ0v) is 59.7. The Kier molecular flexibility index (Phi) is 65.0. The van der Waals surface area contributed by atoms with E-state index in [1.165, 1.54) is 70.6 Å². The number of hydrogen-bond donors (Lipinski definition) is 4. The molecule has 0 radical (unpaired) electrons. The number of allylic oxidation sites excluding steroid dienone is 20. The summed E-state index contributed by atoms with van der Waals surface area (Å²) in [5.41, 5.74) is 0. The van der Waals surface area contributed by atoms with Crippen LogP contribution in [0.5, 0.6) is 0 Å². The molecule has 0 aliphatic heterocycles. The Bertz CT molecular complexity index is 2180. The second kappa shape index (κ2) is 67.9. The lowest BCUT2D eigenvalue weighted by Crippen LogP contribution is -2.30. The van der Waals surface area contributed by atoms with Crippen LogP contribution in [-0.2, 0) is 55.8 Å². The predicted octanol–water partition coefficient (Wildman–Crippen LogP) is 20.2. The highest BCUT2D eigenvalue weighted by Gasteiger charge is 2.29. The van der Waals surface area contributed by atoms with Gasteiger partial charge in [-0.15, -0.1) is 0 Å². The molecule has 0 fully saturated rings. The molecule has 0 spiro atoms. The maximum atomic E-state index is 12.9. The topological polar surface area (TPSA) is 231 Å². The highest BCUT2D eigenvalue weighted by atomic mass is 31.2. The maximum absolute atomic E-state index is 12.9. The van der Waals surface area contributed by atoms with Gasteiger partial charge in [0.25, 0.3) is 0 Å². The van der Waals surface area contributed by atoms with Gasteiger partial charge in [0.15, 0.2) is 6.10 Å². The Labute approximate surface area is 563 Å². The molecule has 93 heavy (non-hydrogen) atoms. The normalized spacial score (nSPS) is 14.9. The van der Waals surface area contributed by atoms with Crippen LogP contribution in [0.1, 0.15) is 278 Å². The highest BCUT2D eigenvalue weighted by Crippen LogP contribution is 2.45. The zero-order chi connectivity index (χ0) is 68.1. The fourth-order valence-corrected chi connectivity index (χ4v) is 10.8. The number of hydrogen-bond acceptors (Lipinski definition) is 14. The van der Waals surface area contributed by atoms with Crippen molar-refractivity contribution in [1.82, 2.24) is 0 Å². The van der Waals surface area contributed by atoms with Gasteiger partial charge in [-0.05, 0) is 128 Å². The molecule has 0 aliphatic carbocycles. The average Bonchev–Trinajstić information content (AvgIpc) is 3.26. The molecule has 0 aliphatic rings. The first-order chi connectivity index (χ1) is 45.2. The molecule has 0 rings (SSSR count). The minimum Gasteiger partial charge on any atom is -0.463 e. The first kappa shape index (κ1) is 89.0. The van der Waals surface area contributed by atoms with Crippen molar-refractivity contribution in [2.45, 2.75) is 296 Å². The van der Waals surface area contributed by atoms with Crippen LogP contribution in [0.2, 0.25) is 0 Å². The first-order valence-corrected chi connectivity index (χ1v) is 38.8. The van der Waals surface area contributed by atoms with Crippen molar-refractivity contribution in [3.63, 3.8) is 0 Å². The Balaban J connectivity index is 4.54. The smallest absolute Gasteiger partial charge is 0.463 e. The number of carbonyl (C=O) groups is 3. The van der Waals surface area contributed by atoms with Gasteiger partial charge in [-0.2, -0.15) is 0 Å². The van der Waals surface area contributed by atoms with E-state index in [1.54, 1.807) is 0 Å². The summed E-state index contributed by atoms with van der Waals surface area (Å²) in [6, 6.07) is 0. The molecule has 534 valence electrons. The van der Waals surface area contributed by atoms with Gasteiger partial charge in [-0.3, -0.25) is 32.5 Å². The molecule has 0 heterocycles. The third kappa shape index (κ3) is 69.1. The molecule has 4 N–H and O–H groups in total. The number of ether oxygens (including phenoxy) is 3. The number of aliphatic hydroxyl groups excluding tert-OH is 2. The van der Waals surface area contributed by atoms with E-state index >= 15 is 0 Å². The van der Waals surface area contributed by atoms with Gasteiger partial charge >= 0.3 is 33.6 Å². The fraction of sp³-hybridized carbons (Fsp3) is 0.693. The molecular formula is C75H128O16P2. The van der Waals surface area contributed by atoms with Gasteiger partial charge in [0.05, 0.1) is 26.4 Å². The molecular weight excluding hydrogens is 1220 g/mol. The van der Waals surface area contributed by atoms with Crippen LogP contribution < -0.4 is 0 Å². The van der Waals surface area contributed by atoms with Crippen LogP contribution in [0.4, 0.5) is 0 Å². The maximum Gasteiger partial charge on any atom is 0.472 e. The standard InChI is InChI=1S/C75H128O16P2/c1-4-7-10-13-16-19-22-25-28-29-30-31-32-33-34-35-36-37-38-39-42-44-46-49-52-55-58-61-73(78)85-64-70(76)65-87-92(81,82)88-66-71(77)67-89-93(83,84)90-69-72(91-75(80)63-60-57-54-51-48-45-41-27-24-21-18-15-12-9-6-3)68-86-74(79)62-59-56-53-50-47-43-40-26-23-20-17-14-11-8-5-2/h8-9,11-12,16-21,25-28,30-31,33-34,40-41,70-72,76-77H,4-7,10,13-15,22-24,29,32,35-39,42-69H2,1-3H3,(H,81,82)(H,83,84)/b11-8-,12-9-,19-16-,20-17-,21-18-,28-25-,31-30-,34-33-,40-26-,41-27-. The summed E-state index contributed by atoms with van der Waals surface area (Å²) in [6.45, 7) is 2.37. The lowest BCUT2D eigenvalue weighted by molar-refractivity contribution is -0.161. The van der Waals surface area contributed by atoms with Gasteiger partial charge in [0.1, 0.15) is 25.4 Å². The molecule has 0 amide bonds. The van der Waals surface area contributed by atoms with Crippen molar-refractivity contribution in [1.29, 1.82) is 0 Å². The number of unbranched alkanes of at least 4 members (excludes halogenated alkanes) is 24. The zero-order valence-electron chi connectivity index (χ0n) is 57.9. The minimum atomic E-state index is -4.93. The number of aliphatic hydroxyl groups is 2. The summed E-state index contributed by atoms with van der Waals surface area (Å²) in [7, 11) is -9.79. The molecule has 0 saturated heterocycles. The third-order valence-electron chi connectivity index (χ3n) is 14.7. The van der Waals surface area contributed by atoms with Crippen molar-refractivity contribution >= 4 is 33.6 Å². The van der Waals surface area contributed by atoms with Crippen LogP contribution in [0, 0.1) is 0 Å². The Hall–Kier alpha value is -4.05. The third-order valence-corrected chi connectivity index (χ3v) is 16.6. The number of phosphoric acid groups is 2. The molecule has 0 aromatic rings. The molecule has 0 aromatic carbocycles. The van der Waals surface area contributed by atoms with E-state index in [2.05, 4.69) is 142 Å². The summed E-state index contributed by atoms with van der Waals surface area (Å²) in [5.74, 6) is -1.62. The minimum absolute atomic E-state index is 0.0785. The number of esters is 3. The Morgan fingerprint density at radius 2 is 0.570 bits per heavy atom. The van der Waals surface area contributed by atoms with E-state index in [0.717, 1.165) is 148 Å². The summed E-state index contributed by atoms with van der Waals surface area (Å²) in [6.07, 6.45) is 78.3. The molecule has 16 nitrogen and oxygen atoms in total. The van der Waals surface area contributed by atoms with Gasteiger partial charge in [0.2, 0.25) is 0 Å². The van der Waals surface area contributed by atoms with E-state index in [1.807, 2.05) is 0 Å². The summed E-state index contributed by atoms with van der Waals surface area (Å²) in [5, 5.41) is 20.6. The van der Waals surface area contributed by atoms with Crippen LogP contribution in [0.15, 0.2) is 122 Å². The molecule has 0 saturated carbocycles. The molecule has 18 heteroatoms. The fourth-order valence-electron chi connectivity index (χ4n) is 9.23. The molecule has 5 atom stereocenters. The summed E-state index contributed by atoms with van der Waals surface area (Å²) < 4.78 is 60.9. The van der Waals surface area contributed by atoms with Crippen LogP contribution >= 0.6 is 15.6 Å². The van der Waals surface area contributed by atoms with Crippen molar-refractivity contribution in [2.24, 2.45) is 0 Å². The lowest BCUT2D eigenvalue weighted by Gasteiger charge is -2.21. The molecule has 0 bridgehead atoms. The number of carbonyl (C=O) groups excluding carboxylic acids is 3. The largest absolute Gasteiger partial charge is 0.472 e. The second-order valence-electron chi connectivity index (χ2n) is 23.6. The highest BCUT2D eigenvalue weighted by molar-refractivity contribution is 7.47. The molecule has 0 aromatic heterocycles. The van der Waals surface area contributed by atoms with Crippen molar-refractivity contribution in [3.05, 3.63) is 122 Å². The average molecular weight is 1350 g/mol. The quantitative estimate of drug-likeness (QED) is 0.0146. The van der Waals surface area contributed by atoms with Gasteiger partial charge in [-0.1, -0.05) is 251 Å². The van der Waals surface area contributed by atoms with E-state index in [-0.39, 0.29) is 19.3 Å². The second-order valence-corrected chi connectivity index (χ2v) is 26.5. The molecule has 5 unspecified atom stereocenters. The lowest BCUT2D eigenvalue weighted by atomic mass is 10.0. The SMILES string of the molecule is CC/C=C\C/C=C\C/C=C\CCCCCCCC(=O)OCC(COP(=O)(O)OCC(O)COP(=O)(O)OCC(O)COC(=O)CCCCCCCCCCCCC/C=C\C/C=C\C/C=C\C/C=C\CCCCC)OC(=O)CCCCCCC/C=C\C/C=C\C/C=C\CC. The van der Waals surface area contributed by atoms with E-state index in [4.69, 9.17) is 32.3 Å². The van der Waals surface area contributed by atoms with E-state index < -0.39 is 91.5 Å². The number of phosphoric ester groups is 2. The summed E-state index contributed by atoms with van der Waals surface area (Å²) >= 11 is 0. The monoisotopic (exact) mass is 1350 g/mol. The van der Waals surface area contributed by atoms with Crippen molar-refractivity contribution < 1.29 is 75.8 Å². The van der Waals surface area contributed by atoms with Gasteiger partial charge < -0.3 is 34.2 Å². The van der Waals surface area contributed by atoms with E-state index in [0.29, 0.717) is 19.3 Å². The number of rotatable bonds is 67. The predicted molar refractivity (Wildman–Crippen MR) is 380 cm³/mol. The van der Waals surface area contributed by atoms with Gasteiger partial charge in [0, 0.05) is 19.3 Å². The van der Waals surface area contributed by atoms with Crippen LogP contribution in [0.25, 0.3) is 0 Å². The van der Waals surface area contributed by atoms with Crippen molar-refractivity contribution in [3.8, 4) is 0 Å². The van der Waals surface area contributed by atoms with Crippen LogP contribution in [-0.4, -0.2) is 95.9 Å². The first-order valence-electron chi connectivity index (χ1n) is 35.8. The van der Waals surface area contributed by atoms with Crippen molar-refractivity contribution in [2.75, 3.05) is 39.6 Å².